The third-order valence-corrected chi connectivity index (χ3v) is 4.06. The van der Waals surface area contributed by atoms with Crippen LogP contribution in [0.2, 0.25) is 0 Å². The number of hydrogen-bond donors (Lipinski definition) is 1. The van der Waals surface area contributed by atoms with Crippen LogP contribution >= 0.6 is 15.9 Å². The second kappa shape index (κ2) is 9.60. The Morgan fingerprint density at radius 2 is 1.81 bits per heavy atom. The van der Waals surface area contributed by atoms with E-state index < -0.39 is 0 Å². The van der Waals surface area contributed by atoms with Gasteiger partial charge < -0.3 is 10.1 Å². The van der Waals surface area contributed by atoms with E-state index in [4.69, 9.17) is 4.74 Å². The average molecular weight is 356 g/mol. The molecule has 0 radical (unpaired) electrons. The molecule has 3 heteroatoms. The molecule has 0 aliphatic rings. The topological polar surface area (TPSA) is 21.3 Å². The van der Waals surface area contributed by atoms with Gasteiger partial charge in [-0.05, 0) is 48.9 Å². The van der Waals surface area contributed by atoms with Gasteiger partial charge in [0.05, 0.1) is 12.7 Å². The van der Waals surface area contributed by atoms with Crippen molar-refractivity contribution in [3.05, 3.63) is 33.8 Å². The molecule has 2 nitrogen and oxygen atoms in total. The van der Waals surface area contributed by atoms with Crippen LogP contribution in [0.15, 0.2) is 22.7 Å². The summed E-state index contributed by atoms with van der Waals surface area (Å²) in [5, 5.41) is 3.47. The summed E-state index contributed by atoms with van der Waals surface area (Å²) in [4.78, 5) is 0. The molecule has 0 aliphatic carbocycles. The molecule has 21 heavy (non-hydrogen) atoms. The molecule has 1 aromatic carbocycles. The van der Waals surface area contributed by atoms with Gasteiger partial charge in [0.25, 0.3) is 0 Å². The third kappa shape index (κ3) is 7.98. The summed E-state index contributed by atoms with van der Waals surface area (Å²) in [6.07, 6.45) is 1.42. The van der Waals surface area contributed by atoms with Gasteiger partial charge in [-0.1, -0.05) is 55.8 Å². The maximum Gasteiger partial charge on any atom is 0.0731 e. The first-order chi connectivity index (χ1) is 9.88. The number of benzene rings is 1. The molecular formula is C18H30BrNO. The lowest BCUT2D eigenvalue weighted by Gasteiger charge is -2.16. The Labute approximate surface area is 138 Å². The fourth-order valence-electron chi connectivity index (χ4n) is 2.29. The van der Waals surface area contributed by atoms with Crippen molar-refractivity contribution in [2.45, 2.75) is 60.3 Å². The Bertz CT molecular complexity index is 418. The van der Waals surface area contributed by atoms with E-state index in [2.05, 4.69) is 74.1 Å². The van der Waals surface area contributed by atoms with Crippen molar-refractivity contribution in [2.24, 2.45) is 11.8 Å². The van der Waals surface area contributed by atoms with Gasteiger partial charge in [-0.25, -0.2) is 0 Å². The molecule has 1 rings (SSSR count). The standard InChI is InChI=1S/C18H30BrNO/c1-13(2)8-15(5)21-12-17-7-6-16(9-18(17)19)11-20-10-14(3)4/h6-7,9,13-15,20H,8,10-12H2,1-5H3. The molecule has 120 valence electrons. The molecule has 0 heterocycles. The second-order valence-corrected chi connectivity index (χ2v) is 7.56. The van der Waals surface area contributed by atoms with Crippen LogP contribution < -0.4 is 5.32 Å². The summed E-state index contributed by atoms with van der Waals surface area (Å²) in [5.41, 5.74) is 2.53. The van der Waals surface area contributed by atoms with Gasteiger partial charge in [-0.15, -0.1) is 0 Å². The highest BCUT2D eigenvalue weighted by molar-refractivity contribution is 9.10. The highest BCUT2D eigenvalue weighted by atomic mass is 79.9. The first kappa shape index (κ1) is 18.7. The Morgan fingerprint density at radius 3 is 2.38 bits per heavy atom. The highest BCUT2D eigenvalue weighted by Gasteiger charge is 2.08. The quantitative estimate of drug-likeness (QED) is 0.661. The molecule has 1 aromatic rings. The van der Waals surface area contributed by atoms with Gasteiger partial charge in [0.1, 0.15) is 0 Å². The van der Waals surface area contributed by atoms with Gasteiger partial charge in [-0.2, -0.15) is 0 Å². The molecule has 1 N–H and O–H groups in total. The van der Waals surface area contributed by atoms with Crippen molar-refractivity contribution in [1.82, 2.24) is 5.32 Å². The maximum absolute atomic E-state index is 5.93. The van der Waals surface area contributed by atoms with Crippen LogP contribution in [0.4, 0.5) is 0 Å². The molecule has 0 amide bonds. The summed E-state index contributed by atoms with van der Waals surface area (Å²) in [6, 6.07) is 6.54. The zero-order valence-electron chi connectivity index (χ0n) is 14.1. The smallest absolute Gasteiger partial charge is 0.0731 e. The van der Waals surface area contributed by atoms with Crippen LogP contribution in [-0.2, 0) is 17.9 Å². The molecule has 0 spiro atoms. The van der Waals surface area contributed by atoms with E-state index in [-0.39, 0.29) is 0 Å². The Balaban J connectivity index is 2.46. The van der Waals surface area contributed by atoms with E-state index in [0.29, 0.717) is 24.5 Å². The number of ether oxygens (including phenoxy) is 1. The SMILES string of the molecule is CC(C)CNCc1ccc(COC(C)CC(C)C)c(Br)c1. The number of halogens is 1. The van der Waals surface area contributed by atoms with Crippen LogP contribution in [0.25, 0.3) is 0 Å². The summed E-state index contributed by atoms with van der Waals surface area (Å²) in [6.45, 7) is 13.7. The van der Waals surface area contributed by atoms with E-state index in [1.165, 1.54) is 11.1 Å². The van der Waals surface area contributed by atoms with Crippen molar-refractivity contribution < 1.29 is 4.74 Å². The summed E-state index contributed by atoms with van der Waals surface area (Å²) in [5.74, 6) is 1.36. The zero-order valence-corrected chi connectivity index (χ0v) is 15.7. The average Bonchev–Trinajstić information content (AvgIpc) is 2.36. The lowest BCUT2D eigenvalue weighted by Crippen LogP contribution is -2.19. The van der Waals surface area contributed by atoms with Gasteiger partial charge >= 0.3 is 0 Å². The maximum atomic E-state index is 5.93. The molecule has 0 aliphatic heterocycles. The molecule has 0 saturated carbocycles. The van der Waals surface area contributed by atoms with Crippen molar-refractivity contribution in [3.8, 4) is 0 Å². The largest absolute Gasteiger partial charge is 0.374 e. The monoisotopic (exact) mass is 355 g/mol. The minimum absolute atomic E-state index is 0.310. The molecule has 0 saturated heterocycles. The van der Waals surface area contributed by atoms with Crippen molar-refractivity contribution in [1.29, 1.82) is 0 Å². The first-order valence-electron chi connectivity index (χ1n) is 7.98. The fraction of sp³-hybridized carbons (Fsp3) is 0.667. The summed E-state index contributed by atoms with van der Waals surface area (Å²) in [7, 11) is 0. The molecule has 0 bridgehead atoms. The van der Waals surface area contributed by atoms with Crippen LogP contribution in [0.3, 0.4) is 0 Å². The molecule has 0 aromatic heterocycles. The van der Waals surface area contributed by atoms with E-state index >= 15 is 0 Å². The van der Waals surface area contributed by atoms with Gasteiger partial charge in [0.2, 0.25) is 0 Å². The van der Waals surface area contributed by atoms with Gasteiger partial charge in [0.15, 0.2) is 0 Å². The normalized spacial score (nSPS) is 13.1. The van der Waals surface area contributed by atoms with Crippen molar-refractivity contribution in [2.75, 3.05) is 6.54 Å². The number of rotatable bonds is 9. The Kier molecular flexibility index (Phi) is 8.53. The van der Waals surface area contributed by atoms with Crippen LogP contribution in [0.5, 0.6) is 0 Å². The van der Waals surface area contributed by atoms with Crippen molar-refractivity contribution >= 4 is 15.9 Å². The fourth-order valence-corrected chi connectivity index (χ4v) is 2.83. The minimum atomic E-state index is 0.310. The Morgan fingerprint density at radius 1 is 1.10 bits per heavy atom. The molecule has 1 unspecified atom stereocenters. The van der Waals surface area contributed by atoms with E-state index in [9.17, 15) is 0 Å². The third-order valence-electron chi connectivity index (χ3n) is 3.33. The summed E-state index contributed by atoms with van der Waals surface area (Å²) < 4.78 is 7.07. The van der Waals surface area contributed by atoms with E-state index in [1.54, 1.807) is 0 Å². The first-order valence-corrected chi connectivity index (χ1v) is 8.77. The highest BCUT2D eigenvalue weighted by Crippen LogP contribution is 2.21. The van der Waals surface area contributed by atoms with Gasteiger partial charge in [0, 0.05) is 11.0 Å². The van der Waals surface area contributed by atoms with Crippen LogP contribution in [0.1, 0.15) is 52.2 Å². The molecular weight excluding hydrogens is 326 g/mol. The number of hydrogen-bond acceptors (Lipinski definition) is 2. The predicted octanol–water partition coefficient (Wildman–Crippen LogP) is 5.15. The van der Waals surface area contributed by atoms with E-state index in [0.717, 1.165) is 24.0 Å². The van der Waals surface area contributed by atoms with E-state index in [1.807, 2.05) is 0 Å². The van der Waals surface area contributed by atoms with Crippen molar-refractivity contribution in [3.63, 3.8) is 0 Å². The molecule has 1 atom stereocenters. The Hall–Kier alpha value is -0.380. The molecule has 0 fully saturated rings. The number of nitrogens with one attached hydrogen (secondary N) is 1. The zero-order chi connectivity index (χ0) is 15.8. The minimum Gasteiger partial charge on any atom is -0.374 e. The lowest BCUT2D eigenvalue weighted by atomic mass is 10.1. The van der Waals surface area contributed by atoms with Crippen LogP contribution in [-0.4, -0.2) is 12.6 Å². The predicted molar refractivity (Wildman–Crippen MR) is 94.4 cm³/mol. The van der Waals surface area contributed by atoms with Gasteiger partial charge in [-0.3, -0.25) is 0 Å². The van der Waals surface area contributed by atoms with Crippen LogP contribution in [0, 0.1) is 11.8 Å². The summed E-state index contributed by atoms with van der Waals surface area (Å²) >= 11 is 3.66. The lowest BCUT2D eigenvalue weighted by molar-refractivity contribution is 0.0394. The second-order valence-electron chi connectivity index (χ2n) is 6.70.